The summed E-state index contributed by atoms with van der Waals surface area (Å²) in [5, 5.41) is 0. The van der Waals surface area contributed by atoms with E-state index >= 15 is 0 Å². The van der Waals surface area contributed by atoms with Crippen LogP contribution in [0.1, 0.15) is 52.4 Å². The summed E-state index contributed by atoms with van der Waals surface area (Å²) in [6, 6.07) is 0. The van der Waals surface area contributed by atoms with Gasteiger partial charge in [-0.2, -0.15) is 0 Å². The molecule has 0 spiro atoms. The normalized spacial score (nSPS) is 11.2. The molecule has 0 heterocycles. The standard InChI is InChI=1S/2C7H13O2.2BrH.Sn/c2*1-3-4-5-6-9-7(2)8;;;/h2*2-6H2,1H3;2*1H;/q;;;;+2/p-2. The Hall–Kier alpha value is 0.699. The van der Waals surface area contributed by atoms with Crippen LogP contribution in [-0.4, -0.2) is 39.1 Å². The fourth-order valence-electron chi connectivity index (χ4n) is 1.66. The van der Waals surface area contributed by atoms with Crippen molar-refractivity contribution in [3.63, 3.8) is 0 Å². The van der Waals surface area contributed by atoms with E-state index in [4.69, 9.17) is 9.47 Å². The summed E-state index contributed by atoms with van der Waals surface area (Å²) < 4.78 is 10.9. The monoisotopic (exact) mass is 536 g/mol. The van der Waals surface area contributed by atoms with Gasteiger partial charge in [-0.25, -0.2) is 0 Å². The minimum atomic E-state index is -3.06. The molecule has 21 heavy (non-hydrogen) atoms. The van der Waals surface area contributed by atoms with E-state index in [1.54, 1.807) is 0 Å². The van der Waals surface area contributed by atoms with Gasteiger partial charge in [-0.05, 0) is 0 Å². The summed E-state index contributed by atoms with van der Waals surface area (Å²) in [7, 11) is 0. The van der Waals surface area contributed by atoms with Gasteiger partial charge in [0.2, 0.25) is 0 Å². The molecule has 0 aliphatic rings. The Kier molecular flexibility index (Phi) is 13.6. The fraction of sp³-hybridized carbons (Fsp3) is 0.857. The Morgan fingerprint density at radius 3 is 1.52 bits per heavy atom. The average molecular weight is 537 g/mol. The first kappa shape index (κ1) is 21.7. The summed E-state index contributed by atoms with van der Waals surface area (Å²) in [5.74, 6) is -0.455. The summed E-state index contributed by atoms with van der Waals surface area (Å²) in [6.45, 7) is 5.14. The maximum absolute atomic E-state index is 11.7. The van der Waals surface area contributed by atoms with Crippen molar-refractivity contribution in [3.8, 4) is 0 Å². The average Bonchev–Trinajstić information content (AvgIpc) is 2.38. The van der Waals surface area contributed by atoms with E-state index in [0.29, 0.717) is 22.1 Å². The van der Waals surface area contributed by atoms with E-state index in [1.807, 2.05) is 0 Å². The number of unbranched alkanes of at least 4 members (excludes halogenated alkanes) is 4. The Morgan fingerprint density at radius 2 is 1.19 bits per heavy atom. The fourth-order valence-corrected chi connectivity index (χ4v) is 11.2. The zero-order valence-corrected chi connectivity index (χ0v) is 19.0. The van der Waals surface area contributed by atoms with Gasteiger partial charge < -0.3 is 0 Å². The second-order valence-corrected chi connectivity index (χ2v) is 39.5. The molecule has 0 saturated carbocycles. The van der Waals surface area contributed by atoms with E-state index in [0.717, 1.165) is 38.5 Å². The molecule has 0 N–H and O–H groups in total. The minimum absolute atomic E-state index is 0.227. The molecular formula is C14H26Br2O4Sn. The molecule has 0 saturated heterocycles. The molecule has 124 valence electrons. The van der Waals surface area contributed by atoms with E-state index in [1.165, 1.54) is 0 Å². The van der Waals surface area contributed by atoms with Crippen LogP contribution in [0.4, 0.5) is 0 Å². The van der Waals surface area contributed by atoms with Crippen molar-refractivity contribution in [2.45, 2.75) is 61.2 Å². The third-order valence-electron chi connectivity index (χ3n) is 2.83. The van der Waals surface area contributed by atoms with Crippen LogP contribution >= 0.6 is 25.4 Å². The molecule has 4 nitrogen and oxygen atoms in total. The third kappa shape index (κ3) is 14.0. The number of carbonyl (C=O) groups excluding carboxylic acids is 2. The zero-order valence-electron chi connectivity index (χ0n) is 13.0. The van der Waals surface area contributed by atoms with Crippen LogP contribution < -0.4 is 0 Å². The van der Waals surface area contributed by atoms with Crippen LogP contribution in [0, 0.1) is 0 Å². The molecule has 7 heteroatoms. The van der Waals surface area contributed by atoms with Gasteiger partial charge in [-0.1, -0.05) is 0 Å². The van der Waals surface area contributed by atoms with Crippen LogP contribution in [-0.2, 0) is 19.1 Å². The van der Waals surface area contributed by atoms with Gasteiger partial charge >= 0.3 is 145 Å². The molecule has 0 radical (unpaired) electrons. The van der Waals surface area contributed by atoms with Gasteiger partial charge in [-0.3, -0.25) is 0 Å². The molecule has 0 fully saturated rings. The van der Waals surface area contributed by atoms with E-state index in [-0.39, 0.29) is 11.9 Å². The number of halogens is 2. The molecular weight excluding hydrogens is 511 g/mol. The Balaban J connectivity index is 3.89. The molecule has 0 aromatic rings. The first-order valence-electron chi connectivity index (χ1n) is 7.60. The Labute approximate surface area is 144 Å². The number of carbonyl (C=O) groups is 2. The summed E-state index contributed by atoms with van der Waals surface area (Å²) >= 11 is 4.05. The van der Waals surface area contributed by atoms with Gasteiger partial charge in [0.05, 0.1) is 0 Å². The van der Waals surface area contributed by atoms with Crippen molar-refractivity contribution in [2.75, 3.05) is 13.2 Å². The molecule has 0 amide bonds. The number of hydrogen-bond donors (Lipinski definition) is 0. The third-order valence-corrected chi connectivity index (χ3v) is 15.0. The summed E-state index contributed by atoms with van der Waals surface area (Å²) in [6.07, 6.45) is 6.12. The molecule has 0 aliphatic carbocycles. The van der Waals surface area contributed by atoms with Crippen LogP contribution in [0.25, 0.3) is 0 Å². The second-order valence-electron chi connectivity index (χ2n) is 5.06. The zero-order chi connectivity index (χ0) is 16.1. The molecule has 0 bridgehead atoms. The second kappa shape index (κ2) is 13.2. The van der Waals surface area contributed by atoms with Gasteiger partial charge in [0.1, 0.15) is 0 Å². The Morgan fingerprint density at radius 1 is 0.810 bits per heavy atom. The molecule has 0 rings (SSSR count). The van der Waals surface area contributed by atoms with Gasteiger partial charge in [0.25, 0.3) is 0 Å². The summed E-state index contributed by atoms with van der Waals surface area (Å²) in [4.78, 5) is 23.4. The van der Waals surface area contributed by atoms with Crippen molar-refractivity contribution in [2.24, 2.45) is 0 Å². The van der Waals surface area contributed by atoms with Crippen molar-refractivity contribution in [1.82, 2.24) is 0 Å². The molecule has 0 atom stereocenters. The van der Waals surface area contributed by atoms with Crippen molar-refractivity contribution >= 4 is 51.3 Å². The molecule has 0 unspecified atom stereocenters. The quantitative estimate of drug-likeness (QED) is 0.206. The molecule has 0 aromatic heterocycles. The van der Waals surface area contributed by atoms with Crippen LogP contribution in [0.5, 0.6) is 0 Å². The van der Waals surface area contributed by atoms with Crippen molar-refractivity contribution in [3.05, 3.63) is 0 Å². The van der Waals surface area contributed by atoms with Crippen molar-refractivity contribution in [1.29, 1.82) is 0 Å². The Bertz CT molecular complexity index is 283. The van der Waals surface area contributed by atoms with Gasteiger partial charge in [0.15, 0.2) is 0 Å². The first-order chi connectivity index (χ1) is 9.91. The van der Waals surface area contributed by atoms with Gasteiger partial charge in [0, 0.05) is 0 Å². The van der Waals surface area contributed by atoms with E-state index in [2.05, 4.69) is 39.3 Å². The van der Waals surface area contributed by atoms with E-state index in [9.17, 15) is 9.59 Å². The number of rotatable bonds is 12. The number of ether oxygens (including phenoxy) is 2. The number of esters is 2. The SMILES string of the molecule is CCCCCOC(=O)[CH2][Sn]([Br])([Br])[CH2]C(=O)OCCCCC. The van der Waals surface area contributed by atoms with Crippen LogP contribution in [0.3, 0.4) is 0 Å². The predicted octanol–water partition coefficient (Wildman–Crippen LogP) is 4.69. The summed E-state index contributed by atoms with van der Waals surface area (Å²) in [5.41, 5.74) is 0. The number of hydrogen-bond acceptors (Lipinski definition) is 4. The molecule has 0 aromatic carbocycles. The van der Waals surface area contributed by atoms with Crippen LogP contribution in [0.15, 0.2) is 0 Å². The predicted molar refractivity (Wildman–Crippen MR) is 94.2 cm³/mol. The topological polar surface area (TPSA) is 52.6 Å². The molecule has 0 aliphatic heterocycles. The van der Waals surface area contributed by atoms with Crippen molar-refractivity contribution < 1.29 is 19.1 Å². The first-order valence-corrected chi connectivity index (χ1v) is 24.4. The van der Waals surface area contributed by atoms with Crippen LogP contribution in [0.2, 0.25) is 8.87 Å². The maximum atomic E-state index is 11.7. The van der Waals surface area contributed by atoms with E-state index < -0.39 is 13.9 Å². The van der Waals surface area contributed by atoms with Gasteiger partial charge in [-0.15, -0.1) is 0 Å².